The highest BCUT2D eigenvalue weighted by Crippen LogP contribution is 2.53. The lowest BCUT2D eigenvalue weighted by molar-refractivity contribution is -0.233. The molecule has 1 amide bonds. The maximum atomic E-state index is 11.5. The summed E-state index contributed by atoms with van der Waals surface area (Å²) in [7, 11) is 3.23. The maximum Gasteiger partial charge on any atom is 0.410 e. The summed E-state index contributed by atoms with van der Waals surface area (Å²) in [6.45, 7) is 3.06. The number of ether oxygens (including phenoxy) is 6. The second-order valence-electron chi connectivity index (χ2n) is 12.6. The Hall–Kier alpha value is -4.63. The number of hydrogen-bond donors (Lipinski definition) is 3. The molecule has 0 radical (unpaired) electrons. The Kier molecular flexibility index (Phi) is 8.97. The van der Waals surface area contributed by atoms with E-state index in [1.165, 1.54) is 17.7 Å². The zero-order chi connectivity index (χ0) is 35.1. The zero-order valence-corrected chi connectivity index (χ0v) is 28.7. The van der Waals surface area contributed by atoms with Gasteiger partial charge < -0.3 is 38.6 Å². The Morgan fingerprint density at radius 3 is 2.10 bits per heavy atom. The van der Waals surface area contributed by atoms with Gasteiger partial charge in [-0.25, -0.2) is 14.8 Å². The number of carboxylic acid groups (broad SMARTS) is 1. The number of benzene rings is 3. The van der Waals surface area contributed by atoms with Crippen LogP contribution >= 0.6 is 11.3 Å². The first-order valence-electron chi connectivity index (χ1n) is 16.0. The standard InChI is InChI=1S/C37H37N3O9S/c1-35(2)47-30-29(27-18-50-31-28(27)38-21-39-33(31)40-34(42)43)48-36(19-41,32(30)49-35)20-46-37(22-8-6-5-7-9-22,23-10-14-25(44-3)15-11-23)24-12-16-26(45-4)17-13-24/h5-18,21,29-30,32,41H,19-20H2,1-4H3,(H,42,43)(H,38,39,40)/t29-,30-,32-,36-/m0/s1. The van der Waals surface area contributed by atoms with Crippen molar-refractivity contribution in [3.05, 3.63) is 113 Å². The van der Waals surface area contributed by atoms with Gasteiger partial charge in [0, 0.05) is 5.56 Å². The molecule has 4 atom stereocenters. The molecule has 12 nitrogen and oxygen atoms in total. The highest BCUT2D eigenvalue weighted by molar-refractivity contribution is 7.18. The van der Waals surface area contributed by atoms with Gasteiger partial charge in [-0.3, -0.25) is 5.32 Å². The molecule has 2 fully saturated rings. The Labute approximate surface area is 292 Å². The van der Waals surface area contributed by atoms with Crippen molar-refractivity contribution < 1.29 is 43.4 Å². The molecule has 7 rings (SSSR count). The van der Waals surface area contributed by atoms with E-state index >= 15 is 0 Å². The molecule has 2 aliphatic rings. The van der Waals surface area contributed by atoms with Gasteiger partial charge in [0.1, 0.15) is 47.3 Å². The van der Waals surface area contributed by atoms with Gasteiger partial charge in [-0.2, -0.15) is 0 Å². The van der Waals surface area contributed by atoms with Gasteiger partial charge in [0.2, 0.25) is 0 Å². The fourth-order valence-corrected chi connectivity index (χ4v) is 7.89. The van der Waals surface area contributed by atoms with E-state index in [1.54, 1.807) is 14.2 Å². The molecule has 0 aliphatic carbocycles. The van der Waals surface area contributed by atoms with Crippen LogP contribution in [-0.4, -0.2) is 77.3 Å². The largest absolute Gasteiger partial charge is 0.497 e. The number of aromatic nitrogens is 2. The van der Waals surface area contributed by atoms with Crippen LogP contribution in [0.5, 0.6) is 11.5 Å². The number of fused-ring (bicyclic) bond motifs is 2. The molecule has 3 N–H and O–H groups in total. The molecule has 0 unspecified atom stereocenters. The molecule has 2 saturated heterocycles. The third kappa shape index (κ3) is 5.85. The van der Waals surface area contributed by atoms with Crippen molar-refractivity contribution in [1.82, 2.24) is 9.97 Å². The van der Waals surface area contributed by atoms with E-state index in [4.69, 9.17) is 28.4 Å². The lowest BCUT2D eigenvalue weighted by Gasteiger charge is -2.40. The van der Waals surface area contributed by atoms with Crippen LogP contribution in [0.25, 0.3) is 10.2 Å². The number of nitrogens with one attached hydrogen (secondary N) is 1. The van der Waals surface area contributed by atoms with Crippen LogP contribution in [0.1, 0.15) is 42.2 Å². The van der Waals surface area contributed by atoms with Crippen molar-refractivity contribution in [2.24, 2.45) is 0 Å². The van der Waals surface area contributed by atoms with E-state index < -0.39 is 48.0 Å². The number of methoxy groups -OCH3 is 2. The Balaban J connectivity index is 1.34. The van der Waals surface area contributed by atoms with E-state index in [2.05, 4.69) is 15.3 Å². The quantitative estimate of drug-likeness (QED) is 0.137. The monoisotopic (exact) mass is 699 g/mol. The second-order valence-corrected chi connectivity index (χ2v) is 13.5. The fourth-order valence-electron chi connectivity index (χ4n) is 6.90. The van der Waals surface area contributed by atoms with Crippen molar-refractivity contribution in [3.8, 4) is 11.5 Å². The minimum absolute atomic E-state index is 0.115. The topological polar surface area (TPSA) is 151 Å². The van der Waals surface area contributed by atoms with E-state index in [-0.39, 0.29) is 12.4 Å². The summed E-state index contributed by atoms with van der Waals surface area (Å²) in [6, 6.07) is 25.2. The number of nitrogens with zero attached hydrogens (tertiary/aromatic N) is 2. The summed E-state index contributed by atoms with van der Waals surface area (Å²) < 4.78 is 38.5. The van der Waals surface area contributed by atoms with Gasteiger partial charge in [0.05, 0.1) is 37.6 Å². The Morgan fingerprint density at radius 1 is 0.900 bits per heavy atom. The van der Waals surface area contributed by atoms with Crippen LogP contribution in [0.3, 0.4) is 0 Å². The molecule has 260 valence electrons. The number of aliphatic hydroxyl groups excluding tert-OH is 1. The molecule has 2 aliphatic heterocycles. The first-order valence-corrected chi connectivity index (χ1v) is 16.9. The van der Waals surface area contributed by atoms with Crippen molar-refractivity contribution in [3.63, 3.8) is 0 Å². The SMILES string of the molecule is COc1ccc(C(OC[C@]2(CO)O[C@@H](c3csc4c(NC(=O)O)ncnc34)[C@@H]3OC(C)(C)O[C@@H]32)(c2ccccc2)c2ccc(OC)cc2)cc1. The first kappa shape index (κ1) is 33.8. The van der Waals surface area contributed by atoms with E-state index in [0.717, 1.165) is 16.7 Å². The van der Waals surface area contributed by atoms with Crippen LogP contribution in [-0.2, 0) is 24.5 Å². The zero-order valence-electron chi connectivity index (χ0n) is 27.9. The second kappa shape index (κ2) is 13.2. The Bertz CT molecular complexity index is 1920. The van der Waals surface area contributed by atoms with Crippen LogP contribution in [0.2, 0.25) is 0 Å². The third-order valence-corrected chi connectivity index (χ3v) is 10.2. The van der Waals surface area contributed by atoms with E-state index in [0.29, 0.717) is 27.3 Å². The summed E-state index contributed by atoms with van der Waals surface area (Å²) in [5.74, 6) is 0.543. The minimum atomic E-state index is -1.40. The predicted molar refractivity (Wildman–Crippen MR) is 185 cm³/mol. The molecule has 2 aromatic heterocycles. The number of aliphatic hydroxyl groups is 1. The van der Waals surface area contributed by atoms with E-state index in [9.17, 15) is 15.0 Å². The molecular formula is C37H37N3O9S. The average molecular weight is 700 g/mol. The van der Waals surface area contributed by atoms with Gasteiger partial charge in [-0.15, -0.1) is 11.3 Å². The predicted octanol–water partition coefficient (Wildman–Crippen LogP) is 6.13. The number of carbonyl (C=O) groups is 1. The molecule has 50 heavy (non-hydrogen) atoms. The van der Waals surface area contributed by atoms with Gasteiger partial charge in [0.15, 0.2) is 11.6 Å². The molecule has 0 spiro atoms. The summed E-state index contributed by atoms with van der Waals surface area (Å²) in [5, 5.41) is 24.8. The maximum absolute atomic E-state index is 11.5. The summed E-state index contributed by atoms with van der Waals surface area (Å²) in [6.07, 6.45) is -2.09. The number of thiophene rings is 1. The highest BCUT2D eigenvalue weighted by Gasteiger charge is 2.64. The summed E-state index contributed by atoms with van der Waals surface area (Å²) in [4.78, 5) is 20.1. The third-order valence-electron chi connectivity index (χ3n) is 9.19. The molecule has 3 aromatic carbocycles. The van der Waals surface area contributed by atoms with Gasteiger partial charge in [0.25, 0.3) is 0 Å². The van der Waals surface area contributed by atoms with Crippen LogP contribution in [0.4, 0.5) is 10.6 Å². The molecule has 0 bridgehead atoms. The molecule has 4 heterocycles. The smallest absolute Gasteiger partial charge is 0.410 e. The van der Waals surface area contributed by atoms with Crippen molar-refractivity contribution >= 4 is 33.5 Å². The van der Waals surface area contributed by atoms with Crippen LogP contribution in [0.15, 0.2) is 90.6 Å². The fraction of sp³-hybridized carbons (Fsp3) is 0.324. The molecule has 0 saturated carbocycles. The van der Waals surface area contributed by atoms with Crippen LogP contribution < -0.4 is 14.8 Å². The molecule has 5 aromatic rings. The highest BCUT2D eigenvalue weighted by atomic mass is 32.1. The number of hydrogen-bond acceptors (Lipinski definition) is 11. The van der Waals surface area contributed by atoms with Crippen molar-refractivity contribution in [2.45, 2.75) is 49.1 Å². The Morgan fingerprint density at radius 2 is 1.52 bits per heavy atom. The molecular weight excluding hydrogens is 662 g/mol. The lowest BCUT2D eigenvalue weighted by Crippen LogP contribution is -2.52. The van der Waals surface area contributed by atoms with Gasteiger partial charge in [-0.05, 0) is 60.2 Å². The number of rotatable bonds is 11. The van der Waals surface area contributed by atoms with Crippen molar-refractivity contribution in [2.75, 3.05) is 32.8 Å². The normalized spacial score (nSPS) is 22.7. The van der Waals surface area contributed by atoms with Gasteiger partial charge in [-0.1, -0.05) is 54.6 Å². The van der Waals surface area contributed by atoms with E-state index in [1.807, 2.05) is 98.1 Å². The minimum Gasteiger partial charge on any atom is -0.497 e. The molecule has 13 heteroatoms. The summed E-state index contributed by atoms with van der Waals surface area (Å²) >= 11 is 1.29. The van der Waals surface area contributed by atoms with Gasteiger partial charge >= 0.3 is 6.09 Å². The summed E-state index contributed by atoms with van der Waals surface area (Å²) in [5.41, 5.74) is 1.06. The van der Waals surface area contributed by atoms with Crippen molar-refractivity contribution in [1.29, 1.82) is 0 Å². The number of anilines is 1. The first-order chi connectivity index (χ1) is 24.1. The lowest BCUT2D eigenvalue weighted by atomic mass is 9.79. The number of amides is 1. The van der Waals surface area contributed by atoms with Crippen LogP contribution in [0, 0.1) is 0 Å². The average Bonchev–Trinajstić information content (AvgIpc) is 3.79.